The van der Waals surface area contributed by atoms with E-state index in [4.69, 9.17) is 11.6 Å². The molecule has 0 radical (unpaired) electrons. The van der Waals surface area contributed by atoms with E-state index in [0.717, 1.165) is 0 Å². The van der Waals surface area contributed by atoms with Crippen LogP contribution in [0.15, 0.2) is 12.3 Å². The van der Waals surface area contributed by atoms with Crippen molar-refractivity contribution in [3.8, 4) is 0 Å². The van der Waals surface area contributed by atoms with Crippen LogP contribution in [0.1, 0.15) is 35.4 Å². The van der Waals surface area contributed by atoms with Crippen molar-refractivity contribution in [2.75, 3.05) is 13.7 Å². The van der Waals surface area contributed by atoms with Gasteiger partial charge in [-0.05, 0) is 12.5 Å². The normalized spacial score (nSPS) is 13.4. The summed E-state index contributed by atoms with van der Waals surface area (Å²) >= 11 is 5.86. The van der Waals surface area contributed by atoms with Gasteiger partial charge in [0.1, 0.15) is 11.3 Å². The molecule has 0 bridgehead atoms. The molecule has 116 valence electrons. The van der Waals surface area contributed by atoms with Gasteiger partial charge >= 0.3 is 5.97 Å². The lowest BCUT2D eigenvalue weighted by Crippen LogP contribution is -2.28. The van der Waals surface area contributed by atoms with Gasteiger partial charge in [0, 0.05) is 25.2 Å². The zero-order chi connectivity index (χ0) is 16.0. The number of carbonyl (C=O) groups excluding carboxylic acids is 2. The number of nitrogens with zero attached hydrogens (tertiary/aromatic N) is 1. The summed E-state index contributed by atoms with van der Waals surface area (Å²) in [6.07, 6.45) is -1.15. The van der Waals surface area contributed by atoms with Crippen molar-refractivity contribution in [3.05, 3.63) is 28.5 Å². The number of pyridine rings is 1. The van der Waals surface area contributed by atoms with Crippen LogP contribution in [-0.2, 0) is 9.53 Å². The van der Waals surface area contributed by atoms with Crippen molar-refractivity contribution < 1.29 is 24.5 Å². The molecule has 0 aliphatic carbocycles. The molecular formula is C13H17ClN2O5. The summed E-state index contributed by atoms with van der Waals surface area (Å²) in [7, 11) is 1.22. The van der Waals surface area contributed by atoms with Gasteiger partial charge in [-0.15, -0.1) is 0 Å². The number of hydrogen-bond donors (Lipinski definition) is 3. The molecule has 0 spiro atoms. The van der Waals surface area contributed by atoms with E-state index in [-0.39, 0.29) is 35.2 Å². The number of aliphatic hydroxyl groups excluding tert-OH is 2. The molecule has 0 aromatic carbocycles. The van der Waals surface area contributed by atoms with Crippen LogP contribution in [0.5, 0.6) is 0 Å². The molecule has 0 saturated carbocycles. The number of amides is 1. The van der Waals surface area contributed by atoms with Crippen molar-refractivity contribution in [2.45, 2.75) is 25.6 Å². The number of ether oxygens (including phenoxy) is 1. The maximum absolute atomic E-state index is 11.4. The maximum Gasteiger partial charge on any atom is 0.339 e. The van der Waals surface area contributed by atoms with Crippen LogP contribution < -0.4 is 5.32 Å². The molecule has 8 heteroatoms. The molecule has 21 heavy (non-hydrogen) atoms. The maximum atomic E-state index is 11.4. The number of halogens is 1. The van der Waals surface area contributed by atoms with Gasteiger partial charge in [0.05, 0.1) is 18.8 Å². The average Bonchev–Trinajstić information content (AvgIpc) is 2.45. The summed E-state index contributed by atoms with van der Waals surface area (Å²) < 4.78 is 4.55. The number of nitrogens with one attached hydrogen (secondary N) is 1. The van der Waals surface area contributed by atoms with Gasteiger partial charge in [-0.25, -0.2) is 9.78 Å². The number of carbonyl (C=O) groups is 2. The van der Waals surface area contributed by atoms with Gasteiger partial charge in [-0.3, -0.25) is 4.79 Å². The fraction of sp³-hybridized carbons (Fsp3) is 0.462. The second-order valence-electron chi connectivity index (χ2n) is 4.38. The third kappa shape index (κ3) is 4.96. The van der Waals surface area contributed by atoms with Crippen molar-refractivity contribution in [3.63, 3.8) is 0 Å². The van der Waals surface area contributed by atoms with Crippen LogP contribution in [-0.4, -0.2) is 46.8 Å². The van der Waals surface area contributed by atoms with Gasteiger partial charge in [-0.2, -0.15) is 0 Å². The zero-order valence-corrected chi connectivity index (χ0v) is 12.4. The van der Waals surface area contributed by atoms with Gasteiger partial charge in [-0.1, -0.05) is 11.6 Å². The Morgan fingerprint density at radius 2 is 2.14 bits per heavy atom. The summed E-state index contributed by atoms with van der Waals surface area (Å²) in [5.74, 6) is -0.857. The average molecular weight is 317 g/mol. The predicted molar refractivity (Wildman–Crippen MR) is 74.9 cm³/mol. The fourth-order valence-corrected chi connectivity index (χ4v) is 1.88. The van der Waals surface area contributed by atoms with Gasteiger partial charge in [0.25, 0.3) is 0 Å². The quantitative estimate of drug-likeness (QED) is 0.519. The molecule has 1 aromatic heterocycles. The highest BCUT2D eigenvalue weighted by Crippen LogP contribution is 2.26. The SMILES string of the molecule is COC(=O)c1cnc(Cl)c(C(O)C(O)CCNC(C)=O)c1. The predicted octanol–water partition coefficient (Wildman–Crippen LogP) is 0.442. The fourth-order valence-electron chi connectivity index (χ4n) is 1.66. The van der Waals surface area contributed by atoms with Crippen molar-refractivity contribution in [2.24, 2.45) is 0 Å². The summed E-state index contributed by atoms with van der Waals surface area (Å²) in [6, 6.07) is 1.31. The molecule has 7 nitrogen and oxygen atoms in total. The number of aliphatic hydroxyl groups is 2. The van der Waals surface area contributed by atoms with Crippen LogP contribution in [0, 0.1) is 0 Å². The molecule has 1 amide bonds. The Balaban J connectivity index is 2.82. The van der Waals surface area contributed by atoms with E-state index >= 15 is 0 Å². The lowest BCUT2D eigenvalue weighted by Gasteiger charge is -2.19. The first-order chi connectivity index (χ1) is 9.86. The minimum absolute atomic E-state index is 0.0197. The van der Waals surface area contributed by atoms with Gasteiger partial charge in [0.15, 0.2) is 0 Å². The smallest absolute Gasteiger partial charge is 0.339 e. The Morgan fingerprint density at radius 3 is 2.71 bits per heavy atom. The number of methoxy groups -OCH3 is 1. The number of rotatable bonds is 6. The number of aromatic nitrogens is 1. The highest BCUT2D eigenvalue weighted by molar-refractivity contribution is 6.30. The number of esters is 1. The molecule has 0 fully saturated rings. The van der Waals surface area contributed by atoms with Gasteiger partial charge in [0.2, 0.25) is 5.91 Å². The number of hydrogen-bond acceptors (Lipinski definition) is 6. The minimum Gasteiger partial charge on any atom is -0.465 e. The summed E-state index contributed by atoms with van der Waals surface area (Å²) in [4.78, 5) is 25.9. The third-order valence-electron chi connectivity index (χ3n) is 2.78. The van der Waals surface area contributed by atoms with Crippen molar-refractivity contribution in [1.29, 1.82) is 0 Å². The zero-order valence-electron chi connectivity index (χ0n) is 11.7. The molecule has 3 N–H and O–H groups in total. The second-order valence-corrected chi connectivity index (χ2v) is 4.74. The Bertz CT molecular complexity index is 523. The Hall–Kier alpha value is -1.70. The first-order valence-electron chi connectivity index (χ1n) is 6.21. The first-order valence-corrected chi connectivity index (χ1v) is 6.59. The molecule has 2 atom stereocenters. The van der Waals surface area contributed by atoms with E-state index in [2.05, 4.69) is 15.0 Å². The summed E-state index contributed by atoms with van der Waals surface area (Å²) in [6.45, 7) is 1.55. The largest absolute Gasteiger partial charge is 0.465 e. The Morgan fingerprint density at radius 1 is 1.48 bits per heavy atom. The molecule has 1 heterocycles. The monoisotopic (exact) mass is 316 g/mol. The van der Waals surface area contributed by atoms with Gasteiger partial charge < -0.3 is 20.3 Å². The van der Waals surface area contributed by atoms with Crippen LogP contribution in [0.25, 0.3) is 0 Å². The van der Waals surface area contributed by atoms with Crippen LogP contribution in [0.2, 0.25) is 5.15 Å². The molecule has 1 rings (SSSR count). The van der Waals surface area contributed by atoms with Crippen molar-refractivity contribution in [1.82, 2.24) is 10.3 Å². The van der Waals surface area contributed by atoms with E-state index < -0.39 is 18.2 Å². The Kier molecular flexibility index (Phi) is 6.54. The molecule has 0 aliphatic rings. The van der Waals surface area contributed by atoms with E-state index in [1.165, 1.54) is 26.3 Å². The van der Waals surface area contributed by atoms with E-state index in [1.807, 2.05) is 0 Å². The second kappa shape index (κ2) is 7.92. The molecule has 1 aromatic rings. The molecule has 0 aliphatic heterocycles. The minimum atomic E-state index is -1.33. The van der Waals surface area contributed by atoms with Crippen LogP contribution in [0.4, 0.5) is 0 Å². The lowest BCUT2D eigenvalue weighted by molar-refractivity contribution is -0.119. The molecular weight excluding hydrogens is 300 g/mol. The van der Waals surface area contributed by atoms with E-state index in [1.54, 1.807) is 0 Å². The Labute approximate surface area is 126 Å². The lowest BCUT2D eigenvalue weighted by atomic mass is 10.0. The third-order valence-corrected chi connectivity index (χ3v) is 3.10. The highest BCUT2D eigenvalue weighted by atomic mass is 35.5. The molecule has 2 unspecified atom stereocenters. The van der Waals surface area contributed by atoms with Crippen molar-refractivity contribution >= 4 is 23.5 Å². The standard InChI is InChI=1S/C13H17ClN2O5/c1-7(17)15-4-3-10(18)11(19)9-5-8(13(20)21-2)6-16-12(9)14/h5-6,10-11,18-19H,3-4H2,1-2H3,(H,15,17). The first kappa shape index (κ1) is 17.4. The van der Waals surface area contributed by atoms with E-state index in [9.17, 15) is 19.8 Å². The summed E-state index contributed by atoms with van der Waals surface area (Å²) in [5.41, 5.74) is 0.236. The molecule has 0 saturated heterocycles. The highest BCUT2D eigenvalue weighted by Gasteiger charge is 2.23. The topological polar surface area (TPSA) is 109 Å². The van der Waals surface area contributed by atoms with Crippen LogP contribution >= 0.6 is 11.6 Å². The van der Waals surface area contributed by atoms with E-state index in [0.29, 0.717) is 0 Å². The summed E-state index contributed by atoms with van der Waals surface area (Å²) in [5, 5.41) is 22.4. The van der Waals surface area contributed by atoms with Crippen LogP contribution in [0.3, 0.4) is 0 Å².